The molecule has 0 spiro atoms. The van der Waals surface area contributed by atoms with E-state index in [4.69, 9.17) is 0 Å². The average molecular weight is 117 g/mol. The Hall–Kier alpha value is -0.110. The molecule has 48 valence electrons. The van der Waals surface area contributed by atoms with Crippen molar-refractivity contribution in [2.75, 3.05) is 19.8 Å². The van der Waals surface area contributed by atoms with Gasteiger partial charge in [0.1, 0.15) is 0 Å². The first kappa shape index (κ1) is 6.02. The summed E-state index contributed by atoms with van der Waals surface area (Å²) in [6, 6.07) is 0. The van der Waals surface area contributed by atoms with E-state index in [0.29, 0.717) is 5.92 Å². The third kappa shape index (κ3) is 0.996. The van der Waals surface area contributed by atoms with Crippen molar-refractivity contribution >= 4 is 0 Å². The smallest absolute Gasteiger partial charge is 0.0937 e. The summed E-state index contributed by atoms with van der Waals surface area (Å²) < 4.78 is 11.9. The number of rotatable bonds is 1. The van der Waals surface area contributed by atoms with Gasteiger partial charge in [0.05, 0.1) is 6.67 Å². The molecular formula is C6H12FN. The van der Waals surface area contributed by atoms with Crippen LogP contribution in [-0.4, -0.2) is 19.8 Å². The van der Waals surface area contributed by atoms with Crippen LogP contribution in [0.2, 0.25) is 0 Å². The fourth-order valence-corrected chi connectivity index (χ4v) is 1.07. The van der Waals surface area contributed by atoms with Crippen LogP contribution in [0.1, 0.15) is 6.92 Å². The Morgan fingerprint density at radius 2 is 2.38 bits per heavy atom. The average Bonchev–Trinajstić information content (AvgIpc) is 2.14. The topological polar surface area (TPSA) is 12.0 Å². The van der Waals surface area contributed by atoms with E-state index in [1.807, 2.05) is 0 Å². The Balaban J connectivity index is 2.30. The molecule has 1 aliphatic rings. The molecule has 0 saturated carbocycles. The van der Waals surface area contributed by atoms with Crippen molar-refractivity contribution in [1.82, 2.24) is 5.32 Å². The molecule has 0 radical (unpaired) electrons. The summed E-state index contributed by atoms with van der Waals surface area (Å²) in [6.45, 7) is 3.80. The van der Waals surface area contributed by atoms with Gasteiger partial charge in [0.15, 0.2) is 0 Å². The lowest BCUT2D eigenvalue weighted by molar-refractivity contribution is 0.329. The van der Waals surface area contributed by atoms with Crippen LogP contribution in [0.15, 0.2) is 0 Å². The third-order valence-electron chi connectivity index (χ3n) is 1.88. The van der Waals surface area contributed by atoms with Gasteiger partial charge in [-0.1, -0.05) is 6.92 Å². The molecule has 0 aliphatic carbocycles. The Labute approximate surface area is 49.3 Å². The van der Waals surface area contributed by atoms with Crippen molar-refractivity contribution in [2.24, 2.45) is 11.8 Å². The minimum Gasteiger partial charge on any atom is -0.316 e. The molecule has 1 N–H and O–H groups in total. The van der Waals surface area contributed by atoms with Gasteiger partial charge in [-0.2, -0.15) is 0 Å². The summed E-state index contributed by atoms with van der Waals surface area (Å²) in [4.78, 5) is 0. The Bertz CT molecular complexity index is 74.9. The SMILES string of the molecule is C[C@H]1CNC[C@H]1CF. The van der Waals surface area contributed by atoms with E-state index in [0.717, 1.165) is 13.1 Å². The van der Waals surface area contributed by atoms with E-state index in [1.54, 1.807) is 0 Å². The molecule has 1 heterocycles. The predicted octanol–water partition coefficient (Wildman–Crippen LogP) is 0.811. The molecule has 0 amide bonds. The lowest BCUT2D eigenvalue weighted by Gasteiger charge is -2.06. The molecule has 1 saturated heterocycles. The van der Waals surface area contributed by atoms with Crippen molar-refractivity contribution in [3.63, 3.8) is 0 Å². The van der Waals surface area contributed by atoms with Gasteiger partial charge >= 0.3 is 0 Å². The monoisotopic (exact) mass is 117 g/mol. The Morgan fingerprint density at radius 3 is 2.62 bits per heavy atom. The summed E-state index contributed by atoms with van der Waals surface area (Å²) in [5.74, 6) is 0.829. The van der Waals surface area contributed by atoms with Crippen molar-refractivity contribution < 1.29 is 4.39 Å². The summed E-state index contributed by atoms with van der Waals surface area (Å²) in [6.07, 6.45) is 0. The van der Waals surface area contributed by atoms with Gasteiger partial charge in [-0.05, 0) is 12.5 Å². The highest BCUT2D eigenvalue weighted by atomic mass is 19.1. The van der Waals surface area contributed by atoms with E-state index in [9.17, 15) is 4.39 Å². The normalized spacial score (nSPS) is 38.2. The number of halogens is 1. The number of alkyl halides is 1. The van der Waals surface area contributed by atoms with Gasteiger partial charge < -0.3 is 5.32 Å². The van der Waals surface area contributed by atoms with Gasteiger partial charge in [0.2, 0.25) is 0 Å². The highest BCUT2D eigenvalue weighted by molar-refractivity contribution is 4.76. The molecule has 2 heteroatoms. The summed E-state index contributed by atoms with van der Waals surface area (Å²) >= 11 is 0. The fourth-order valence-electron chi connectivity index (χ4n) is 1.07. The summed E-state index contributed by atoms with van der Waals surface area (Å²) in [5, 5.41) is 3.13. The molecule has 1 fully saturated rings. The number of nitrogens with one attached hydrogen (secondary N) is 1. The van der Waals surface area contributed by atoms with Gasteiger partial charge in [-0.25, -0.2) is 0 Å². The Kier molecular flexibility index (Phi) is 1.84. The van der Waals surface area contributed by atoms with Gasteiger partial charge in [-0.3, -0.25) is 4.39 Å². The molecule has 0 bridgehead atoms. The predicted molar refractivity (Wildman–Crippen MR) is 31.5 cm³/mol. The minimum atomic E-state index is -0.159. The van der Waals surface area contributed by atoms with E-state index in [1.165, 1.54) is 0 Å². The van der Waals surface area contributed by atoms with Gasteiger partial charge in [0, 0.05) is 12.5 Å². The molecule has 0 unspecified atom stereocenters. The van der Waals surface area contributed by atoms with Crippen molar-refractivity contribution in [3.8, 4) is 0 Å². The molecule has 2 atom stereocenters. The van der Waals surface area contributed by atoms with Crippen molar-refractivity contribution in [2.45, 2.75) is 6.92 Å². The van der Waals surface area contributed by atoms with Crippen LogP contribution in [0.3, 0.4) is 0 Å². The maximum absolute atomic E-state index is 11.9. The molecular weight excluding hydrogens is 105 g/mol. The van der Waals surface area contributed by atoms with E-state index >= 15 is 0 Å². The zero-order valence-electron chi connectivity index (χ0n) is 5.15. The molecule has 0 aromatic heterocycles. The molecule has 1 rings (SSSR count). The maximum Gasteiger partial charge on any atom is 0.0937 e. The van der Waals surface area contributed by atoms with Crippen LogP contribution < -0.4 is 5.32 Å². The third-order valence-corrected chi connectivity index (χ3v) is 1.88. The van der Waals surface area contributed by atoms with E-state index in [2.05, 4.69) is 12.2 Å². The van der Waals surface area contributed by atoms with Crippen LogP contribution in [0, 0.1) is 11.8 Å². The minimum absolute atomic E-state index is 0.159. The second-order valence-electron chi connectivity index (χ2n) is 2.55. The van der Waals surface area contributed by atoms with Crippen LogP contribution >= 0.6 is 0 Å². The van der Waals surface area contributed by atoms with Crippen LogP contribution in [0.4, 0.5) is 4.39 Å². The Morgan fingerprint density at radius 1 is 1.62 bits per heavy atom. The van der Waals surface area contributed by atoms with Crippen LogP contribution in [-0.2, 0) is 0 Å². The van der Waals surface area contributed by atoms with Crippen LogP contribution in [0.5, 0.6) is 0 Å². The highest BCUT2D eigenvalue weighted by Crippen LogP contribution is 2.15. The number of hydrogen-bond acceptors (Lipinski definition) is 1. The maximum atomic E-state index is 11.9. The van der Waals surface area contributed by atoms with Gasteiger partial charge in [0.25, 0.3) is 0 Å². The molecule has 1 nitrogen and oxygen atoms in total. The molecule has 0 aromatic carbocycles. The standard InChI is InChI=1S/C6H12FN/c1-5-3-8-4-6(5)2-7/h5-6,8H,2-4H2,1H3/t5-,6+/m0/s1. The quantitative estimate of drug-likeness (QED) is 0.536. The van der Waals surface area contributed by atoms with E-state index in [-0.39, 0.29) is 12.6 Å². The largest absolute Gasteiger partial charge is 0.316 e. The lowest BCUT2D eigenvalue weighted by Crippen LogP contribution is -2.11. The highest BCUT2D eigenvalue weighted by Gasteiger charge is 2.21. The fraction of sp³-hybridized carbons (Fsp3) is 1.00. The van der Waals surface area contributed by atoms with Crippen molar-refractivity contribution in [3.05, 3.63) is 0 Å². The van der Waals surface area contributed by atoms with E-state index < -0.39 is 0 Å². The van der Waals surface area contributed by atoms with Gasteiger partial charge in [-0.15, -0.1) is 0 Å². The zero-order valence-corrected chi connectivity index (χ0v) is 5.15. The molecule has 1 aliphatic heterocycles. The first-order chi connectivity index (χ1) is 3.84. The first-order valence-corrected chi connectivity index (χ1v) is 3.11. The lowest BCUT2D eigenvalue weighted by atomic mass is 10.0. The van der Waals surface area contributed by atoms with Crippen molar-refractivity contribution in [1.29, 1.82) is 0 Å². The summed E-state index contributed by atoms with van der Waals surface area (Å²) in [5.41, 5.74) is 0. The zero-order chi connectivity index (χ0) is 5.98. The molecule has 8 heavy (non-hydrogen) atoms. The van der Waals surface area contributed by atoms with Crippen LogP contribution in [0.25, 0.3) is 0 Å². The number of hydrogen-bond donors (Lipinski definition) is 1. The first-order valence-electron chi connectivity index (χ1n) is 3.11. The summed E-state index contributed by atoms with van der Waals surface area (Å²) in [7, 11) is 0. The second kappa shape index (κ2) is 2.44. The molecule has 0 aromatic rings. The second-order valence-corrected chi connectivity index (χ2v) is 2.55.